The Kier molecular flexibility index (Phi) is 9.67. The van der Waals surface area contributed by atoms with Gasteiger partial charge in [0.05, 0.1) is 12.9 Å². The molecule has 1 aliphatic rings. The van der Waals surface area contributed by atoms with E-state index in [0.717, 1.165) is 53.9 Å². The number of benzene rings is 2. The van der Waals surface area contributed by atoms with Gasteiger partial charge in [0.25, 0.3) is 0 Å². The third kappa shape index (κ3) is 7.26. The molecule has 33 heavy (non-hydrogen) atoms. The Morgan fingerprint density at radius 3 is 2.45 bits per heavy atom. The minimum Gasteiger partial charge on any atom is -0.497 e. The van der Waals surface area contributed by atoms with Gasteiger partial charge in [-0.25, -0.2) is 0 Å². The number of thioether (sulfide) groups is 1. The van der Waals surface area contributed by atoms with Crippen molar-refractivity contribution in [3.05, 3.63) is 65.2 Å². The molecule has 1 unspecified atom stereocenters. The van der Waals surface area contributed by atoms with E-state index in [4.69, 9.17) is 4.74 Å². The van der Waals surface area contributed by atoms with E-state index < -0.39 is 6.04 Å². The zero-order chi connectivity index (χ0) is 23.6. The van der Waals surface area contributed by atoms with Crippen molar-refractivity contribution in [2.45, 2.75) is 70.3 Å². The van der Waals surface area contributed by atoms with Crippen LogP contribution in [0.4, 0.5) is 0 Å². The molecule has 1 saturated carbocycles. The summed E-state index contributed by atoms with van der Waals surface area (Å²) >= 11 is 1.58. The van der Waals surface area contributed by atoms with E-state index >= 15 is 0 Å². The summed E-state index contributed by atoms with van der Waals surface area (Å²) in [7, 11) is 1.65. The first kappa shape index (κ1) is 25.2. The topological polar surface area (TPSA) is 58.6 Å². The van der Waals surface area contributed by atoms with E-state index in [0.29, 0.717) is 18.7 Å². The summed E-state index contributed by atoms with van der Waals surface area (Å²) in [6.07, 6.45) is 4.99. The Hall–Kier alpha value is -2.47. The van der Waals surface area contributed by atoms with Crippen LogP contribution in [0.25, 0.3) is 0 Å². The average Bonchev–Trinajstić information content (AvgIpc) is 3.33. The summed E-state index contributed by atoms with van der Waals surface area (Å²) in [6, 6.07) is 15.8. The summed E-state index contributed by atoms with van der Waals surface area (Å²) in [4.78, 5) is 28.4. The van der Waals surface area contributed by atoms with Crippen LogP contribution in [0.3, 0.4) is 0 Å². The molecule has 5 nitrogen and oxygen atoms in total. The summed E-state index contributed by atoms with van der Waals surface area (Å²) in [5.74, 6) is 1.88. The summed E-state index contributed by atoms with van der Waals surface area (Å²) in [6.45, 7) is 4.49. The molecule has 0 spiro atoms. The number of methoxy groups -OCH3 is 1. The van der Waals surface area contributed by atoms with Crippen LogP contribution >= 0.6 is 11.8 Å². The molecule has 1 atom stereocenters. The van der Waals surface area contributed by atoms with E-state index in [1.807, 2.05) is 49.4 Å². The molecular formula is C27H36N2O3S. The van der Waals surface area contributed by atoms with Crippen LogP contribution < -0.4 is 10.1 Å². The maximum Gasteiger partial charge on any atom is 0.243 e. The van der Waals surface area contributed by atoms with Crippen molar-refractivity contribution in [3.63, 3.8) is 0 Å². The first-order chi connectivity index (χ1) is 16.0. The van der Waals surface area contributed by atoms with Crippen LogP contribution in [0.2, 0.25) is 0 Å². The first-order valence-corrected chi connectivity index (χ1v) is 13.0. The van der Waals surface area contributed by atoms with E-state index in [-0.39, 0.29) is 17.9 Å². The standard InChI is InChI=1S/C27H36N2O3S/c1-4-25(27(31)28-23-11-7-8-12-23)29(17-22-10-6-5-9-20(22)2)26(30)19-33-18-21-13-15-24(32-3)16-14-21/h5-6,9-10,13-16,23,25H,4,7-8,11-12,17-19H2,1-3H3,(H,28,31). The SMILES string of the molecule is CCC(C(=O)NC1CCCC1)N(Cc1ccccc1C)C(=O)CSCc1ccc(OC)cc1. The van der Waals surface area contributed by atoms with Crippen LogP contribution in [0.15, 0.2) is 48.5 Å². The second-order valence-electron chi connectivity index (χ2n) is 8.70. The van der Waals surface area contributed by atoms with Gasteiger partial charge in [-0.2, -0.15) is 0 Å². The Balaban J connectivity index is 1.69. The van der Waals surface area contributed by atoms with Crippen molar-refractivity contribution in [3.8, 4) is 5.75 Å². The Labute approximate surface area is 202 Å². The monoisotopic (exact) mass is 468 g/mol. The second kappa shape index (κ2) is 12.7. The first-order valence-electron chi connectivity index (χ1n) is 11.9. The molecule has 0 saturated heterocycles. The molecule has 6 heteroatoms. The third-order valence-electron chi connectivity index (χ3n) is 6.34. The van der Waals surface area contributed by atoms with Gasteiger partial charge < -0.3 is 15.0 Å². The minimum absolute atomic E-state index is 0.00480. The Morgan fingerprint density at radius 2 is 1.82 bits per heavy atom. The van der Waals surface area contributed by atoms with Gasteiger partial charge in [0.1, 0.15) is 11.8 Å². The largest absolute Gasteiger partial charge is 0.497 e. The molecule has 2 aromatic rings. The van der Waals surface area contributed by atoms with Gasteiger partial charge in [0.2, 0.25) is 11.8 Å². The van der Waals surface area contributed by atoms with Crippen molar-refractivity contribution in [2.24, 2.45) is 0 Å². The molecule has 1 N–H and O–H groups in total. The number of hydrogen-bond donors (Lipinski definition) is 1. The van der Waals surface area contributed by atoms with Gasteiger partial charge >= 0.3 is 0 Å². The van der Waals surface area contributed by atoms with Gasteiger partial charge in [-0.05, 0) is 55.0 Å². The lowest BCUT2D eigenvalue weighted by Crippen LogP contribution is -2.51. The van der Waals surface area contributed by atoms with E-state index in [9.17, 15) is 9.59 Å². The Morgan fingerprint density at radius 1 is 1.12 bits per heavy atom. The number of amides is 2. The number of ether oxygens (including phenoxy) is 1. The molecule has 0 bridgehead atoms. The molecule has 1 aliphatic carbocycles. The van der Waals surface area contributed by atoms with E-state index in [1.54, 1.807) is 23.8 Å². The van der Waals surface area contributed by atoms with Crippen molar-refractivity contribution < 1.29 is 14.3 Å². The van der Waals surface area contributed by atoms with Crippen LogP contribution in [-0.4, -0.2) is 41.7 Å². The minimum atomic E-state index is -0.459. The van der Waals surface area contributed by atoms with Gasteiger partial charge in [-0.3, -0.25) is 9.59 Å². The highest BCUT2D eigenvalue weighted by molar-refractivity contribution is 7.99. The van der Waals surface area contributed by atoms with Crippen LogP contribution in [0.1, 0.15) is 55.7 Å². The summed E-state index contributed by atoms with van der Waals surface area (Å²) < 4.78 is 5.21. The predicted molar refractivity (Wildman–Crippen MR) is 135 cm³/mol. The highest BCUT2D eigenvalue weighted by Crippen LogP contribution is 2.22. The lowest BCUT2D eigenvalue weighted by atomic mass is 10.1. The molecule has 3 rings (SSSR count). The fourth-order valence-corrected chi connectivity index (χ4v) is 5.19. The van der Waals surface area contributed by atoms with Gasteiger partial charge in [-0.1, -0.05) is 56.2 Å². The number of aryl methyl sites for hydroxylation is 1. The van der Waals surface area contributed by atoms with Gasteiger partial charge in [0.15, 0.2) is 0 Å². The molecule has 2 aromatic carbocycles. The van der Waals surface area contributed by atoms with Crippen LogP contribution in [0.5, 0.6) is 5.75 Å². The number of carbonyl (C=O) groups is 2. The highest BCUT2D eigenvalue weighted by atomic mass is 32.2. The summed E-state index contributed by atoms with van der Waals surface area (Å²) in [5, 5.41) is 3.21. The number of nitrogens with one attached hydrogen (secondary N) is 1. The zero-order valence-corrected chi connectivity index (χ0v) is 20.8. The normalized spacial score (nSPS) is 14.6. The van der Waals surface area contributed by atoms with Crippen LogP contribution in [-0.2, 0) is 21.9 Å². The lowest BCUT2D eigenvalue weighted by molar-refractivity contribution is -0.139. The van der Waals surface area contributed by atoms with Gasteiger partial charge in [-0.15, -0.1) is 11.8 Å². The van der Waals surface area contributed by atoms with Crippen molar-refractivity contribution in [1.29, 1.82) is 0 Å². The maximum absolute atomic E-state index is 13.4. The van der Waals surface area contributed by atoms with E-state index in [2.05, 4.69) is 18.3 Å². The number of carbonyl (C=O) groups excluding carboxylic acids is 2. The highest BCUT2D eigenvalue weighted by Gasteiger charge is 2.30. The average molecular weight is 469 g/mol. The second-order valence-corrected chi connectivity index (χ2v) is 9.69. The number of nitrogens with zero attached hydrogens (tertiary/aromatic N) is 1. The zero-order valence-electron chi connectivity index (χ0n) is 20.0. The smallest absolute Gasteiger partial charge is 0.243 e. The van der Waals surface area contributed by atoms with Crippen LogP contribution in [0, 0.1) is 6.92 Å². The molecule has 178 valence electrons. The maximum atomic E-state index is 13.4. The molecule has 0 radical (unpaired) electrons. The molecule has 1 fully saturated rings. The van der Waals surface area contributed by atoms with Crippen molar-refractivity contribution >= 4 is 23.6 Å². The number of hydrogen-bond acceptors (Lipinski definition) is 4. The lowest BCUT2D eigenvalue weighted by Gasteiger charge is -2.32. The summed E-state index contributed by atoms with van der Waals surface area (Å²) in [5.41, 5.74) is 3.36. The van der Waals surface area contributed by atoms with Crippen molar-refractivity contribution in [2.75, 3.05) is 12.9 Å². The predicted octanol–water partition coefficient (Wildman–Crippen LogP) is 5.10. The molecule has 0 aliphatic heterocycles. The molecule has 2 amide bonds. The quantitative estimate of drug-likeness (QED) is 0.498. The molecule has 0 heterocycles. The fourth-order valence-electron chi connectivity index (χ4n) is 4.32. The fraction of sp³-hybridized carbons (Fsp3) is 0.481. The van der Waals surface area contributed by atoms with Crippen molar-refractivity contribution in [1.82, 2.24) is 10.2 Å². The number of rotatable bonds is 11. The van der Waals surface area contributed by atoms with Gasteiger partial charge in [0, 0.05) is 18.3 Å². The molecular weight excluding hydrogens is 432 g/mol. The third-order valence-corrected chi connectivity index (χ3v) is 7.33. The van der Waals surface area contributed by atoms with E-state index in [1.165, 1.54) is 0 Å². The Bertz CT molecular complexity index is 910. The molecule has 0 aromatic heterocycles.